The first-order chi connectivity index (χ1) is 8.82. The van der Waals surface area contributed by atoms with Crippen LogP contribution in [-0.4, -0.2) is 11.6 Å². The van der Waals surface area contributed by atoms with Crippen LogP contribution in [0.4, 0.5) is 0 Å². The molecule has 0 aliphatic heterocycles. The van der Waals surface area contributed by atoms with Crippen molar-refractivity contribution in [2.75, 3.05) is 0 Å². The highest BCUT2D eigenvalue weighted by atomic mass is 16.2. The van der Waals surface area contributed by atoms with Gasteiger partial charge in [-0.25, -0.2) is 0 Å². The van der Waals surface area contributed by atoms with Crippen molar-refractivity contribution in [1.29, 1.82) is 0 Å². The van der Waals surface area contributed by atoms with Crippen LogP contribution in [0.1, 0.15) is 41.0 Å². The Morgan fingerprint density at radius 2 is 1.26 bits per heavy atom. The van der Waals surface area contributed by atoms with Crippen molar-refractivity contribution in [1.82, 2.24) is 0 Å². The van der Waals surface area contributed by atoms with Crippen molar-refractivity contribution >= 4 is 11.6 Å². The number of rotatable bonds is 2. The maximum Gasteiger partial charge on any atom is 0.147 e. The van der Waals surface area contributed by atoms with Gasteiger partial charge in [0.2, 0.25) is 0 Å². The number of hydrogen-bond donors (Lipinski definition) is 0. The molecule has 2 heteroatoms. The fraction of sp³-hybridized carbons (Fsp3) is 0.647. The van der Waals surface area contributed by atoms with E-state index in [4.69, 9.17) is 0 Å². The Morgan fingerprint density at radius 3 is 1.58 bits per heavy atom. The molecule has 2 saturated carbocycles. The summed E-state index contributed by atoms with van der Waals surface area (Å²) in [5, 5.41) is 0. The Morgan fingerprint density at radius 1 is 0.895 bits per heavy atom. The van der Waals surface area contributed by atoms with E-state index in [1.807, 2.05) is 0 Å². The molecule has 2 rings (SSSR count). The third-order valence-electron chi connectivity index (χ3n) is 4.46. The predicted molar refractivity (Wildman–Crippen MR) is 76.6 cm³/mol. The fourth-order valence-corrected chi connectivity index (χ4v) is 3.83. The molecule has 0 heterocycles. The quantitative estimate of drug-likeness (QED) is 0.562. The highest BCUT2D eigenvalue weighted by molar-refractivity contribution is 6.11. The highest BCUT2D eigenvalue weighted by Gasteiger charge is 2.56. The second kappa shape index (κ2) is 5.07. The van der Waals surface area contributed by atoms with Gasteiger partial charge in [0.05, 0.1) is 5.92 Å². The Kier molecular flexibility index (Phi) is 3.80. The van der Waals surface area contributed by atoms with Gasteiger partial charge in [0.1, 0.15) is 11.6 Å². The van der Waals surface area contributed by atoms with Gasteiger partial charge in [-0.1, -0.05) is 23.3 Å². The van der Waals surface area contributed by atoms with Gasteiger partial charge in [-0.15, -0.1) is 0 Å². The third kappa shape index (κ3) is 2.45. The van der Waals surface area contributed by atoms with Crippen LogP contribution in [0.3, 0.4) is 0 Å². The molecule has 2 fully saturated rings. The average Bonchev–Trinajstić information content (AvgIpc) is 2.72. The largest absolute Gasteiger partial charge is 0.299 e. The number of Topliss-reactive ketones (excluding diaryl/α,β-unsaturated/α-hetero) is 2. The highest BCUT2D eigenvalue weighted by Crippen LogP contribution is 2.50. The first-order valence-electron chi connectivity index (χ1n) is 7.20. The maximum absolute atomic E-state index is 12.3. The SMILES string of the molecule is CC(C)=CC1CC(C=C(C)C)C2C(=O)C(C)C(=O)C12. The normalized spacial score (nSPS) is 37.2. The van der Waals surface area contributed by atoms with Gasteiger partial charge >= 0.3 is 0 Å². The van der Waals surface area contributed by atoms with Crippen molar-refractivity contribution in [3.63, 3.8) is 0 Å². The lowest BCUT2D eigenvalue weighted by Crippen LogP contribution is -2.19. The molecular formula is C17H24O2. The zero-order chi connectivity index (χ0) is 14.3. The van der Waals surface area contributed by atoms with Crippen LogP contribution in [-0.2, 0) is 9.59 Å². The lowest BCUT2D eigenvalue weighted by atomic mass is 9.88. The van der Waals surface area contributed by atoms with Crippen LogP contribution in [0, 0.1) is 29.6 Å². The number of allylic oxidation sites excluding steroid dienone is 4. The van der Waals surface area contributed by atoms with Crippen LogP contribution in [0.2, 0.25) is 0 Å². The van der Waals surface area contributed by atoms with Gasteiger partial charge in [0.25, 0.3) is 0 Å². The van der Waals surface area contributed by atoms with E-state index in [0.717, 1.165) is 6.42 Å². The summed E-state index contributed by atoms with van der Waals surface area (Å²) in [5.41, 5.74) is 2.47. The predicted octanol–water partition coefficient (Wildman–Crippen LogP) is 3.58. The minimum Gasteiger partial charge on any atom is -0.299 e. The molecule has 19 heavy (non-hydrogen) atoms. The molecule has 2 aliphatic carbocycles. The number of fused-ring (bicyclic) bond motifs is 1. The van der Waals surface area contributed by atoms with Crippen molar-refractivity contribution in [2.45, 2.75) is 41.0 Å². The lowest BCUT2D eigenvalue weighted by Gasteiger charge is -2.13. The van der Waals surface area contributed by atoms with E-state index >= 15 is 0 Å². The molecule has 0 amide bonds. The Bertz CT molecular complexity index is 420. The summed E-state index contributed by atoms with van der Waals surface area (Å²) in [7, 11) is 0. The molecule has 0 aromatic heterocycles. The molecule has 4 atom stereocenters. The van der Waals surface area contributed by atoms with Gasteiger partial charge in [0.15, 0.2) is 0 Å². The Balaban J connectivity index is 2.39. The minimum absolute atomic E-state index is 0.0713. The summed E-state index contributed by atoms with van der Waals surface area (Å²) in [5.74, 6) is 0.297. The summed E-state index contributed by atoms with van der Waals surface area (Å²) >= 11 is 0. The molecule has 0 radical (unpaired) electrons. The van der Waals surface area contributed by atoms with E-state index in [0.29, 0.717) is 0 Å². The summed E-state index contributed by atoms with van der Waals surface area (Å²) < 4.78 is 0. The second-order valence-electron chi connectivity index (χ2n) is 6.63. The van der Waals surface area contributed by atoms with Crippen molar-refractivity contribution in [3.8, 4) is 0 Å². The van der Waals surface area contributed by atoms with E-state index < -0.39 is 5.92 Å². The molecule has 0 aromatic rings. The van der Waals surface area contributed by atoms with Crippen LogP contribution in [0.5, 0.6) is 0 Å². The van der Waals surface area contributed by atoms with Crippen molar-refractivity contribution in [2.24, 2.45) is 29.6 Å². The van der Waals surface area contributed by atoms with E-state index in [1.165, 1.54) is 11.1 Å². The van der Waals surface area contributed by atoms with Crippen molar-refractivity contribution in [3.05, 3.63) is 23.3 Å². The molecule has 0 spiro atoms. The molecule has 0 N–H and O–H groups in total. The molecule has 2 aliphatic rings. The summed E-state index contributed by atoms with van der Waals surface area (Å²) in [4.78, 5) is 24.7. The lowest BCUT2D eigenvalue weighted by molar-refractivity contribution is -0.128. The van der Waals surface area contributed by atoms with Crippen molar-refractivity contribution < 1.29 is 9.59 Å². The summed E-state index contributed by atoms with van der Waals surface area (Å²) in [6.45, 7) is 10.0. The standard InChI is InChI=1S/C17H24O2/c1-9(2)6-12-8-13(7-10(3)4)15-14(12)16(18)11(5)17(15)19/h6-7,11-15H,8H2,1-5H3. The monoisotopic (exact) mass is 260 g/mol. The van der Waals surface area contributed by atoms with Gasteiger partial charge in [0, 0.05) is 11.8 Å². The van der Waals surface area contributed by atoms with E-state index in [2.05, 4.69) is 39.8 Å². The maximum atomic E-state index is 12.3. The number of carbonyl (C=O) groups is 2. The van der Waals surface area contributed by atoms with Gasteiger partial charge in [-0.05, 0) is 52.9 Å². The fourth-order valence-electron chi connectivity index (χ4n) is 3.83. The first kappa shape index (κ1) is 14.2. The molecule has 4 unspecified atom stereocenters. The van der Waals surface area contributed by atoms with E-state index in [9.17, 15) is 9.59 Å². The Hall–Kier alpha value is -1.18. The summed E-state index contributed by atoms with van der Waals surface area (Å²) in [6, 6.07) is 0. The zero-order valence-electron chi connectivity index (χ0n) is 12.6. The third-order valence-corrected chi connectivity index (χ3v) is 4.46. The van der Waals surface area contributed by atoms with E-state index in [1.54, 1.807) is 6.92 Å². The van der Waals surface area contributed by atoms with Crippen LogP contribution >= 0.6 is 0 Å². The van der Waals surface area contributed by atoms with Crippen LogP contribution in [0.25, 0.3) is 0 Å². The molecular weight excluding hydrogens is 236 g/mol. The number of ketones is 2. The first-order valence-corrected chi connectivity index (χ1v) is 7.20. The smallest absolute Gasteiger partial charge is 0.147 e. The van der Waals surface area contributed by atoms with E-state index in [-0.39, 0.29) is 35.2 Å². The average molecular weight is 260 g/mol. The van der Waals surface area contributed by atoms with Gasteiger partial charge in [-0.2, -0.15) is 0 Å². The topological polar surface area (TPSA) is 34.1 Å². The zero-order valence-corrected chi connectivity index (χ0v) is 12.6. The number of hydrogen-bond acceptors (Lipinski definition) is 2. The molecule has 0 bridgehead atoms. The molecule has 0 aromatic carbocycles. The van der Waals surface area contributed by atoms with Crippen LogP contribution in [0.15, 0.2) is 23.3 Å². The summed E-state index contributed by atoms with van der Waals surface area (Å²) in [6.07, 6.45) is 5.33. The van der Waals surface area contributed by atoms with Gasteiger partial charge in [-0.3, -0.25) is 9.59 Å². The molecule has 104 valence electrons. The van der Waals surface area contributed by atoms with Gasteiger partial charge < -0.3 is 0 Å². The number of carbonyl (C=O) groups excluding carboxylic acids is 2. The molecule has 2 nitrogen and oxygen atoms in total. The second-order valence-corrected chi connectivity index (χ2v) is 6.63. The molecule has 0 saturated heterocycles. The minimum atomic E-state index is -0.392. The van der Waals surface area contributed by atoms with Crippen LogP contribution < -0.4 is 0 Å². The Labute approximate surface area is 116 Å².